The molecule has 0 saturated carbocycles. The molecule has 4 rings (SSSR count). The van der Waals surface area contributed by atoms with Gasteiger partial charge < -0.3 is 19.7 Å². The van der Waals surface area contributed by atoms with Crippen LogP contribution < -0.4 is 14.8 Å². The van der Waals surface area contributed by atoms with Crippen LogP contribution in [0.15, 0.2) is 72.3 Å². The maximum Gasteiger partial charge on any atom is 0.251 e. The number of nitrogens with one attached hydrogen (secondary N) is 1. The van der Waals surface area contributed by atoms with E-state index in [-0.39, 0.29) is 5.91 Å². The number of carbonyl (C=O) groups excluding carboxylic acids is 1. The molecule has 1 heterocycles. The molecular formula is C30H34N2O3. The quantitative estimate of drug-likeness (QED) is 0.405. The van der Waals surface area contributed by atoms with Crippen LogP contribution >= 0.6 is 0 Å². The van der Waals surface area contributed by atoms with E-state index in [2.05, 4.69) is 67.4 Å². The Bertz CT molecular complexity index is 1180. The van der Waals surface area contributed by atoms with Crippen molar-refractivity contribution in [3.8, 4) is 22.6 Å². The summed E-state index contributed by atoms with van der Waals surface area (Å²) in [7, 11) is 0. The lowest BCUT2D eigenvalue weighted by Gasteiger charge is -2.18. The van der Waals surface area contributed by atoms with Crippen molar-refractivity contribution in [1.82, 2.24) is 4.90 Å². The molecule has 0 aromatic heterocycles. The second kappa shape index (κ2) is 11.7. The van der Waals surface area contributed by atoms with Crippen LogP contribution in [0.2, 0.25) is 0 Å². The molecule has 0 atom stereocenters. The molecule has 35 heavy (non-hydrogen) atoms. The summed E-state index contributed by atoms with van der Waals surface area (Å²) in [6.45, 7) is 10.3. The van der Waals surface area contributed by atoms with Gasteiger partial charge in [-0.15, -0.1) is 0 Å². The monoisotopic (exact) mass is 470 g/mol. The third kappa shape index (κ3) is 6.52. The van der Waals surface area contributed by atoms with Crippen LogP contribution in [0.3, 0.4) is 0 Å². The molecule has 0 bridgehead atoms. The Morgan fingerprint density at radius 3 is 2.54 bits per heavy atom. The lowest BCUT2D eigenvalue weighted by atomic mass is 10.00. The molecular weight excluding hydrogens is 436 g/mol. The minimum Gasteiger partial charge on any atom is -0.493 e. The Labute approximate surface area is 208 Å². The highest BCUT2D eigenvalue weighted by molar-refractivity contribution is 6.07. The van der Waals surface area contributed by atoms with Crippen LogP contribution in [0.25, 0.3) is 17.2 Å². The predicted octanol–water partition coefficient (Wildman–Crippen LogP) is 6.19. The van der Waals surface area contributed by atoms with E-state index >= 15 is 0 Å². The minimum absolute atomic E-state index is 0.123. The van der Waals surface area contributed by atoms with Crippen molar-refractivity contribution in [3.63, 3.8) is 0 Å². The fraction of sp³-hybridized carbons (Fsp3) is 0.300. The Morgan fingerprint density at radius 1 is 1.00 bits per heavy atom. The molecule has 5 heteroatoms. The SMILES string of the molecule is CCN(CC)CCOc1cccc(NC(=O)C2=Cc3cc(-c4ccc(C)cc4)ccc3OCC2)c1. The fourth-order valence-electron chi connectivity index (χ4n) is 4.14. The standard InChI is InChI=1S/C30H34N2O3/c1-4-32(5-2)16-18-34-28-8-6-7-27(21-28)31-30(33)25-15-17-35-29-14-13-24(19-26(29)20-25)23-11-9-22(3)10-12-23/h6-14,19-21H,4-5,15-18H2,1-3H3,(H,31,33). The number of benzene rings is 3. The molecule has 3 aromatic rings. The van der Waals surface area contributed by atoms with E-state index in [0.29, 0.717) is 25.2 Å². The first-order valence-corrected chi connectivity index (χ1v) is 12.4. The lowest BCUT2D eigenvalue weighted by molar-refractivity contribution is -0.113. The van der Waals surface area contributed by atoms with Crippen LogP contribution in [0.5, 0.6) is 11.5 Å². The summed E-state index contributed by atoms with van der Waals surface area (Å²) in [6, 6.07) is 22.1. The van der Waals surface area contributed by atoms with Crippen LogP contribution in [-0.2, 0) is 4.79 Å². The largest absolute Gasteiger partial charge is 0.493 e. The zero-order valence-corrected chi connectivity index (χ0v) is 20.8. The topological polar surface area (TPSA) is 50.8 Å². The molecule has 0 fully saturated rings. The van der Waals surface area contributed by atoms with E-state index in [4.69, 9.17) is 9.47 Å². The first kappa shape index (κ1) is 24.6. The number of carbonyl (C=O) groups is 1. The highest BCUT2D eigenvalue weighted by Crippen LogP contribution is 2.31. The van der Waals surface area contributed by atoms with E-state index in [9.17, 15) is 4.79 Å². The smallest absolute Gasteiger partial charge is 0.251 e. The molecule has 0 radical (unpaired) electrons. The van der Waals surface area contributed by atoms with Gasteiger partial charge >= 0.3 is 0 Å². The first-order valence-electron chi connectivity index (χ1n) is 12.4. The second-order valence-corrected chi connectivity index (χ2v) is 8.74. The van der Waals surface area contributed by atoms with Gasteiger partial charge in [0, 0.05) is 35.9 Å². The van der Waals surface area contributed by atoms with Crippen LogP contribution in [0.4, 0.5) is 5.69 Å². The summed E-state index contributed by atoms with van der Waals surface area (Å²) in [5, 5.41) is 3.03. The van der Waals surface area contributed by atoms with Crippen LogP contribution in [0, 0.1) is 6.92 Å². The summed E-state index contributed by atoms with van der Waals surface area (Å²) in [5.41, 5.74) is 5.79. The normalized spacial score (nSPS) is 12.9. The number of likely N-dealkylation sites (N-methyl/N-ethyl adjacent to an activating group) is 1. The number of hydrogen-bond donors (Lipinski definition) is 1. The summed E-state index contributed by atoms with van der Waals surface area (Å²) in [5.74, 6) is 1.43. The average molecular weight is 471 g/mol. The molecule has 182 valence electrons. The Kier molecular flexibility index (Phi) is 8.22. The lowest BCUT2D eigenvalue weighted by Crippen LogP contribution is -2.27. The van der Waals surface area contributed by atoms with Gasteiger partial charge in [0.1, 0.15) is 18.1 Å². The zero-order chi connectivity index (χ0) is 24.6. The molecule has 5 nitrogen and oxygen atoms in total. The summed E-state index contributed by atoms with van der Waals surface area (Å²) < 4.78 is 11.8. The summed E-state index contributed by atoms with van der Waals surface area (Å²) in [6.07, 6.45) is 2.49. The van der Waals surface area contributed by atoms with Gasteiger partial charge in [-0.1, -0.05) is 55.8 Å². The average Bonchev–Trinajstić information content (AvgIpc) is 3.09. The predicted molar refractivity (Wildman–Crippen MR) is 143 cm³/mol. The number of hydrogen-bond acceptors (Lipinski definition) is 4. The third-order valence-corrected chi connectivity index (χ3v) is 6.31. The number of ether oxygens (including phenoxy) is 2. The number of rotatable bonds is 9. The van der Waals surface area contributed by atoms with E-state index in [1.807, 2.05) is 36.4 Å². The molecule has 1 N–H and O–H groups in total. The molecule has 3 aromatic carbocycles. The minimum atomic E-state index is -0.123. The molecule has 1 aliphatic heterocycles. The van der Waals surface area contributed by atoms with Crippen molar-refractivity contribution in [1.29, 1.82) is 0 Å². The van der Waals surface area contributed by atoms with Crippen molar-refractivity contribution >= 4 is 17.7 Å². The molecule has 1 aliphatic rings. The third-order valence-electron chi connectivity index (χ3n) is 6.31. The number of nitrogens with zero attached hydrogens (tertiary/aromatic N) is 1. The maximum atomic E-state index is 13.1. The Balaban J connectivity index is 1.46. The van der Waals surface area contributed by atoms with Crippen molar-refractivity contribution in [2.75, 3.05) is 38.2 Å². The van der Waals surface area contributed by atoms with Crippen LogP contribution in [-0.4, -0.2) is 43.7 Å². The van der Waals surface area contributed by atoms with E-state index in [1.165, 1.54) is 5.56 Å². The highest BCUT2D eigenvalue weighted by Gasteiger charge is 2.17. The summed E-state index contributed by atoms with van der Waals surface area (Å²) >= 11 is 0. The van der Waals surface area contributed by atoms with Gasteiger partial charge in [0.2, 0.25) is 0 Å². The molecule has 0 unspecified atom stereocenters. The van der Waals surface area contributed by atoms with E-state index < -0.39 is 0 Å². The second-order valence-electron chi connectivity index (χ2n) is 8.74. The van der Waals surface area contributed by atoms with Crippen molar-refractivity contribution in [2.24, 2.45) is 0 Å². The van der Waals surface area contributed by atoms with Gasteiger partial charge in [-0.25, -0.2) is 0 Å². The first-order chi connectivity index (χ1) is 17.1. The maximum absolute atomic E-state index is 13.1. The molecule has 1 amide bonds. The van der Waals surface area contributed by atoms with Crippen molar-refractivity contribution < 1.29 is 14.3 Å². The van der Waals surface area contributed by atoms with Crippen molar-refractivity contribution in [3.05, 3.63) is 83.4 Å². The Morgan fingerprint density at radius 2 is 1.77 bits per heavy atom. The van der Waals surface area contributed by atoms with Crippen molar-refractivity contribution in [2.45, 2.75) is 27.2 Å². The van der Waals surface area contributed by atoms with Gasteiger partial charge in [-0.2, -0.15) is 0 Å². The fourth-order valence-corrected chi connectivity index (χ4v) is 4.14. The Hall–Kier alpha value is -3.57. The molecule has 0 aliphatic carbocycles. The number of amides is 1. The summed E-state index contributed by atoms with van der Waals surface area (Å²) in [4.78, 5) is 15.4. The molecule has 0 saturated heterocycles. The molecule has 0 spiro atoms. The number of anilines is 1. The highest BCUT2D eigenvalue weighted by atomic mass is 16.5. The van der Waals surface area contributed by atoms with Gasteiger partial charge in [0.05, 0.1) is 6.61 Å². The van der Waals surface area contributed by atoms with Gasteiger partial charge in [0.25, 0.3) is 5.91 Å². The zero-order valence-electron chi connectivity index (χ0n) is 20.8. The van der Waals surface area contributed by atoms with Crippen LogP contribution in [0.1, 0.15) is 31.4 Å². The number of fused-ring (bicyclic) bond motifs is 1. The van der Waals surface area contributed by atoms with E-state index in [0.717, 1.165) is 53.5 Å². The van der Waals surface area contributed by atoms with E-state index in [1.54, 1.807) is 0 Å². The van der Waals surface area contributed by atoms with Gasteiger partial charge in [-0.3, -0.25) is 4.79 Å². The van der Waals surface area contributed by atoms with Gasteiger partial charge in [0.15, 0.2) is 0 Å². The number of aryl methyl sites for hydroxylation is 1. The van der Waals surface area contributed by atoms with Gasteiger partial charge in [-0.05, 0) is 61.5 Å².